The summed E-state index contributed by atoms with van der Waals surface area (Å²) in [7, 11) is 1.28. The van der Waals surface area contributed by atoms with Crippen LogP contribution in [0, 0.1) is 0 Å². The zero-order valence-corrected chi connectivity index (χ0v) is 14.1. The van der Waals surface area contributed by atoms with Crippen LogP contribution in [0.25, 0.3) is 11.3 Å². The van der Waals surface area contributed by atoms with Crippen LogP contribution in [-0.2, 0) is 16.0 Å². The lowest BCUT2D eigenvalue weighted by Crippen LogP contribution is -2.22. The first-order valence-corrected chi connectivity index (χ1v) is 7.79. The van der Waals surface area contributed by atoms with Crippen LogP contribution in [0.4, 0.5) is 4.79 Å². The molecule has 2 aromatic rings. The summed E-state index contributed by atoms with van der Waals surface area (Å²) in [6, 6.07) is 6.69. The Morgan fingerprint density at radius 3 is 2.83 bits per heavy atom. The first-order chi connectivity index (χ1) is 11.5. The van der Waals surface area contributed by atoms with E-state index in [-0.39, 0.29) is 18.3 Å². The summed E-state index contributed by atoms with van der Waals surface area (Å²) in [5.41, 5.74) is 1.51. The van der Waals surface area contributed by atoms with Crippen molar-refractivity contribution in [1.82, 2.24) is 15.1 Å². The molecule has 1 aromatic carbocycles. The molecule has 0 radical (unpaired) electrons. The molecule has 1 aromatic heterocycles. The molecule has 3 rings (SSSR count). The second-order valence-electron chi connectivity index (χ2n) is 5.13. The number of halogens is 2. The van der Waals surface area contributed by atoms with Gasteiger partial charge in [0.2, 0.25) is 0 Å². The number of rotatable bonds is 4. The van der Waals surface area contributed by atoms with Crippen molar-refractivity contribution in [2.24, 2.45) is 0 Å². The molecular weight excluding hydrogens is 357 g/mol. The minimum absolute atomic E-state index is 0.149. The molecule has 0 saturated carbocycles. The summed E-state index contributed by atoms with van der Waals surface area (Å²) in [5, 5.41) is 7.63. The summed E-state index contributed by atoms with van der Waals surface area (Å²) >= 11 is 12.0. The molecule has 126 valence electrons. The van der Waals surface area contributed by atoms with Gasteiger partial charge in [-0.05, 0) is 18.2 Å². The number of carbonyl (C=O) groups excluding carboxylic acids is 2. The highest BCUT2D eigenvalue weighted by Crippen LogP contribution is 2.29. The number of amides is 1. The Morgan fingerprint density at radius 1 is 1.42 bits per heavy atom. The van der Waals surface area contributed by atoms with Gasteiger partial charge in [0, 0.05) is 5.56 Å². The lowest BCUT2D eigenvalue weighted by atomic mass is 10.1. The summed E-state index contributed by atoms with van der Waals surface area (Å²) in [5.74, 6) is -0.559. The molecule has 2 heterocycles. The van der Waals surface area contributed by atoms with E-state index in [1.54, 1.807) is 28.9 Å². The highest BCUT2D eigenvalue weighted by Gasteiger charge is 2.25. The Bertz CT molecular complexity index is 806. The minimum atomic E-state index is -0.559. The Morgan fingerprint density at radius 2 is 2.21 bits per heavy atom. The quantitative estimate of drug-likeness (QED) is 0.837. The molecule has 9 heteroatoms. The second kappa shape index (κ2) is 6.70. The van der Waals surface area contributed by atoms with Crippen LogP contribution in [0.5, 0.6) is 0 Å². The Balaban J connectivity index is 1.98. The molecule has 1 unspecified atom stereocenters. The molecular formula is C15H13Cl2N3O4. The van der Waals surface area contributed by atoms with Crippen LogP contribution in [0.15, 0.2) is 24.3 Å². The van der Waals surface area contributed by atoms with Crippen molar-refractivity contribution in [2.75, 3.05) is 13.7 Å². The predicted octanol–water partition coefficient (Wildman–Crippen LogP) is 2.75. The third-order valence-corrected chi connectivity index (χ3v) is 4.25. The van der Waals surface area contributed by atoms with Gasteiger partial charge in [-0.15, -0.1) is 0 Å². The van der Waals surface area contributed by atoms with Gasteiger partial charge in [-0.3, -0.25) is 4.68 Å². The standard InChI is InChI=1S/C15H13Cl2N3O4/c1-23-14(21)12-5-13(8-2-3-10(16)11(17)4-8)20(19-12)7-9-6-18-15(22)24-9/h2-5,9H,6-7H2,1H3,(H,18,22). The average Bonchev–Trinajstić information content (AvgIpc) is 3.16. The summed E-state index contributed by atoms with van der Waals surface area (Å²) in [6.07, 6.45) is -0.860. The summed E-state index contributed by atoms with van der Waals surface area (Å²) in [4.78, 5) is 22.9. The monoisotopic (exact) mass is 369 g/mol. The van der Waals surface area contributed by atoms with E-state index in [0.717, 1.165) is 5.56 Å². The van der Waals surface area contributed by atoms with Gasteiger partial charge in [-0.1, -0.05) is 29.3 Å². The van der Waals surface area contributed by atoms with Gasteiger partial charge < -0.3 is 14.8 Å². The van der Waals surface area contributed by atoms with Gasteiger partial charge >= 0.3 is 12.1 Å². The largest absolute Gasteiger partial charge is 0.464 e. The van der Waals surface area contributed by atoms with Crippen molar-refractivity contribution in [3.63, 3.8) is 0 Å². The lowest BCUT2D eigenvalue weighted by molar-refractivity contribution is 0.0591. The normalized spacial score (nSPS) is 16.6. The maximum absolute atomic E-state index is 11.8. The van der Waals surface area contributed by atoms with E-state index in [2.05, 4.69) is 10.4 Å². The minimum Gasteiger partial charge on any atom is -0.464 e. The van der Waals surface area contributed by atoms with Crippen molar-refractivity contribution in [3.8, 4) is 11.3 Å². The fourth-order valence-corrected chi connectivity index (χ4v) is 2.67. The van der Waals surface area contributed by atoms with Crippen molar-refractivity contribution < 1.29 is 19.1 Å². The van der Waals surface area contributed by atoms with Crippen LogP contribution in [0.1, 0.15) is 10.5 Å². The van der Waals surface area contributed by atoms with Crippen LogP contribution in [0.3, 0.4) is 0 Å². The van der Waals surface area contributed by atoms with Crippen LogP contribution in [-0.4, -0.2) is 41.6 Å². The van der Waals surface area contributed by atoms with E-state index in [0.29, 0.717) is 22.3 Å². The number of nitrogens with zero attached hydrogens (tertiary/aromatic N) is 2. The van der Waals surface area contributed by atoms with Crippen molar-refractivity contribution in [2.45, 2.75) is 12.6 Å². The third-order valence-electron chi connectivity index (χ3n) is 3.51. The fourth-order valence-electron chi connectivity index (χ4n) is 2.37. The Kier molecular flexibility index (Phi) is 4.64. The van der Waals surface area contributed by atoms with Crippen LogP contribution < -0.4 is 5.32 Å². The van der Waals surface area contributed by atoms with Gasteiger partial charge in [-0.25, -0.2) is 9.59 Å². The zero-order chi connectivity index (χ0) is 17.3. The summed E-state index contributed by atoms with van der Waals surface area (Å²) in [6.45, 7) is 0.651. The molecule has 7 nitrogen and oxygen atoms in total. The van der Waals surface area contributed by atoms with Gasteiger partial charge in [-0.2, -0.15) is 5.10 Å². The number of methoxy groups -OCH3 is 1. The average molecular weight is 370 g/mol. The van der Waals surface area contributed by atoms with E-state index in [4.69, 9.17) is 32.7 Å². The topological polar surface area (TPSA) is 82.5 Å². The number of aromatic nitrogens is 2. The number of alkyl carbamates (subject to hydrolysis) is 1. The van der Waals surface area contributed by atoms with E-state index in [1.165, 1.54) is 7.11 Å². The predicted molar refractivity (Wildman–Crippen MR) is 87.3 cm³/mol. The highest BCUT2D eigenvalue weighted by atomic mass is 35.5. The molecule has 1 aliphatic rings. The smallest absolute Gasteiger partial charge is 0.407 e. The van der Waals surface area contributed by atoms with E-state index >= 15 is 0 Å². The Hall–Kier alpha value is -2.25. The lowest BCUT2D eigenvalue weighted by Gasteiger charge is -2.11. The van der Waals surface area contributed by atoms with Crippen molar-refractivity contribution in [1.29, 1.82) is 0 Å². The van der Waals surface area contributed by atoms with Gasteiger partial charge in [0.25, 0.3) is 0 Å². The van der Waals surface area contributed by atoms with Gasteiger partial charge in [0.1, 0.15) is 6.10 Å². The molecule has 0 bridgehead atoms. The number of nitrogens with one attached hydrogen (secondary N) is 1. The number of ether oxygens (including phenoxy) is 2. The third kappa shape index (κ3) is 3.32. The molecule has 0 spiro atoms. The molecule has 1 amide bonds. The SMILES string of the molecule is COC(=O)c1cc(-c2ccc(Cl)c(Cl)c2)n(CC2CNC(=O)O2)n1. The number of cyclic esters (lactones) is 1. The number of esters is 1. The van der Waals surface area contributed by atoms with Crippen LogP contribution in [0.2, 0.25) is 10.0 Å². The molecule has 1 saturated heterocycles. The van der Waals surface area contributed by atoms with E-state index < -0.39 is 12.1 Å². The highest BCUT2D eigenvalue weighted by molar-refractivity contribution is 6.42. The molecule has 24 heavy (non-hydrogen) atoms. The first-order valence-electron chi connectivity index (χ1n) is 7.04. The molecule has 1 N–H and O–H groups in total. The first kappa shape index (κ1) is 16.6. The maximum atomic E-state index is 11.8. The number of benzene rings is 1. The van der Waals surface area contributed by atoms with Crippen molar-refractivity contribution >= 4 is 35.3 Å². The molecule has 0 aliphatic carbocycles. The summed E-state index contributed by atoms with van der Waals surface area (Å²) < 4.78 is 11.4. The van der Waals surface area contributed by atoms with Crippen LogP contribution >= 0.6 is 23.2 Å². The number of hydrogen-bond acceptors (Lipinski definition) is 5. The fraction of sp³-hybridized carbons (Fsp3) is 0.267. The number of carbonyl (C=O) groups is 2. The number of hydrogen-bond donors (Lipinski definition) is 1. The molecule has 1 atom stereocenters. The van der Waals surface area contributed by atoms with Gasteiger partial charge in [0.15, 0.2) is 5.69 Å². The molecule has 1 aliphatic heterocycles. The van der Waals surface area contributed by atoms with Gasteiger partial charge in [0.05, 0.1) is 35.9 Å². The maximum Gasteiger partial charge on any atom is 0.407 e. The molecule has 1 fully saturated rings. The van der Waals surface area contributed by atoms with E-state index in [9.17, 15) is 9.59 Å². The van der Waals surface area contributed by atoms with Crippen molar-refractivity contribution in [3.05, 3.63) is 40.0 Å². The zero-order valence-electron chi connectivity index (χ0n) is 12.6. The van der Waals surface area contributed by atoms with E-state index in [1.807, 2.05) is 0 Å². The second-order valence-corrected chi connectivity index (χ2v) is 5.94. The Labute approximate surface area is 147 Å².